The van der Waals surface area contributed by atoms with Gasteiger partial charge in [0.25, 0.3) is 0 Å². The predicted octanol–water partition coefficient (Wildman–Crippen LogP) is 3.63. The van der Waals surface area contributed by atoms with Gasteiger partial charge in [-0.15, -0.1) is 0 Å². The Morgan fingerprint density at radius 1 is 1.10 bits per heavy atom. The average molecular weight is 274 g/mol. The van der Waals surface area contributed by atoms with Crippen molar-refractivity contribution < 1.29 is 9.90 Å². The Balaban J connectivity index is 1.65. The normalized spacial score (nSPS) is 47.8. The highest BCUT2D eigenvalue weighted by Crippen LogP contribution is 2.59. The summed E-state index contributed by atoms with van der Waals surface area (Å²) < 4.78 is 0. The van der Waals surface area contributed by atoms with Gasteiger partial charge in [0.15, 0.2) is 0 Å². The van der Waals surface area contributed by atoms with Gasteiger partial charge in [-0.1, -0.05) is 18.1 Å². The van der Waals surface area contributed by atoms with Gasteiger partial charge >= 0.3 is 0 Å². The zero-order chi connectivity index (χ0) is 13.9. The van der Waals surface area contributed by atoms with E-state index < -0.39 is 0 Å². The highest BCUT2D eigenvalue weighted by atomic mass is 16.3. The molecular formula is C18H26O2. The molecule has 0 spiro atoms. The molecule has 2 heteroatoms. The molecule has 0 saturated heterocycles. The number of rotatable bonds is 0. The standard InChI is InChI=1S/C18H26O2/c1-18-9-8-14-13-5-3-12(19)10-11(13)2-4-15(14)16(18)6-7-17(18)20/h12,14-16,19H,2-10H2,1H3/t12?,14-,15-,16+,18+/m1/s1. The maximum absolute atomic E-state index is 12.3. The van der Waals surface area contributed by atoms with Crippen LogP contribution in [0.15, 0.2) is 11.1 Å². The summed E-state index contributed by atoms with van der Waals surface area (Å²) >= 11 is 0. The molecule has 1 unspecified atom stereocenters. The second kappa shape index (κ2) is 4.43. The van der Waals surface area contributed by atoms with E-state index in [1.54, 1.807) is 11.1 Å². The lowest BCUT2D eigenvalue weighted by atomic mass is 9.54. The van der Waals surface area contributed by atoms with Gasteiger partial charge in [0.2, 0.25) is 0 Å². The minimum Gasteiger partial charge on any atom is -0.393 e. The van der Waals surface area contributed by atoms with E-state index in [0.29, 0.717) is 11.7 Å². The van der Waals surface area contributed by atoms with Crippen LogP contribution >= 0.6 is 0 Å². The van der Waals surface area contributed by atoms with E-state index in [-0.39, 0.29) is 11.5 Å². The van der Waals surface area contributed by atoms with Crippen molar-refractivity contribution in [3.05, 3.63) is 11.1 Å². The molecule has 4 aliphatic carbocycles. The number of hydrogen-bond donors (Lipinski definition) is 1. The average Bonchev–Trinajstić information content (AvgIpc) is 2.74. The number of fused-ring (bicyclic) bond motifs is 4. The van der Waals surface area contributed by atoms with Gasteiger partial charge in [0.05, 0.1) is 6.10 Å². The smallest absolute Gasteiger partial charge is 0.139 e. The molecule has 4 rings (SSSR count). The Labute approximate surface area is 121 Å². The lowest BCUT2D eigenvalue weighted by Gasteiger charge is -2.50. The molecule has 0 aromatic rings. The van der Waals surface area contributed by atoms with Crippen LogP contribution in [0.25, 0.3) is 0 Å². The SMILES string of the molecule is C[C@]12CC[C@@H]3C4=C(CC[C@H]3[C@@H]1CCC2=O)CC(O)CC4. The molecular weight excluding hydrogens is 248 g/mol. The number of allylic oxidation sites excluding steroid dienone is 1. The number of ketones is 1. The molecule has 2 saturated carbocycles. The van der Waals surface area contributed by atoms with E-state index in [1.807, 2.05) is 0 Å². The van der Waals surface area contributed by atoms with Crippen molar-refractivity contribution in [2.75, 3.05) is 0 Å². The van der Waals surface area contributed by atoms with Crippen LogP contribution < -0.4 is 0 Å². The third kappa shape index (κ3) is 1.70. The summed E-state index contributed by atoms with van der Waals surface area (Å²) in [5, 5.41) is 9.89. The van der Waals surface area contributed by atoms with Crippen molar-refractivity contribution in [1.82, 2.24) is 0 Å². The van der Waals surface area contributed by atoms with Crippen molar-refractivity contribution in [2.24, 2.45) is 23.2 Å². The molecule has 5 atom stereocenters. The van der Waals surface area contributed by atoms with E-state index in [4.69, 9.17) is 0 Å². The van der Waals surface area contributed by atoms with Crippen LogP contribution in [0.3, 0.4) is 0 Å². The molecule has 0 amide bonds. The summed E-state index contributed by atoms with van der Waals surface area (Å²) in [6.07, 6.45) is 9.67. The first-order valence-electron chi connectivity index (χ1n) is 8.52. The first-order valence-corrected chi connectivity index (χ1v) is 8.52. The highest BCUT2D eigenvalue weighted by Gasteiger charge is 2.54. The fourth-order valence-corrected chi connectivity index (χ4v) is 5.96. The molecule has 110 valence electrons. The molecule has 4 aliphatic rings. The molecule has 0 aromatic carbocycles. The van der Waals surface area contributed by atoms with E-state index in [1.165, 1.54) is 19.3 Å². The highest BCUT2D eigenvalue weighted by molar-refractivity contribution is 5.87. The largest absolute Gasteiger partial charge is 0.393 e. The molecule has 0 aromatic heterocycles. The van der Waals surface area contributed by atoms with Crippen LogP contribution in [0.1, 0.15) is 64.7 Å². The summed E-state index contributed by atoms with van der Waals surface area (Å²) in [7, 11) is 0. The zero-order valence-electron chi connectivity index (χ0n) is 12.5. The maximum Gasteiger partial charge on any atom is 0.139 e. The first kappa shape index (κ1) is 13.1. The van der Waals surface area contributed by atoms with Gasteiger partial charge in [-0.3, -0.25) is 4.79 Å². The number of carbonyl (C=O) groups is 1. The van der Waals surface area contributed by atoms with E-state index in [9.17, 15) is 9.90 Å². The minimum atomic E-state index is -0.0905. The van der Waals surface area contributed by atoms with Gasteiger partial charge in [-0.2, -0.15) is 0 Å². The number of Topliss-reactive ketones (excluding diaryl/α,β-unsaturated/α-hetero) is 1. The van der Waals surface area contributed by atoms with Gasteiger partial charge in [-0.05, 0) is 69.1 Å². The van der Waals surface area contributed by atoms with E-state index in [0.717, 1.165) is 50.4 Å². The predicted molar refractivity (Wildman–Crippen MR) is 78.2 cm³/mol. The Kier molecular flexibility index (Phi) is 2.89. The Hall–Kier alpha value is -0.630. The first-order chi connectivity index (χ1) is 9.59. The van der Waals surface area contributed by atoms with Gasteiger partial charge in [-0.25, -0.2) is 0 Å². The summed E-state index contributed by atoms with van der Waals surface area (Å²) in [5.74, 6) is 2.69. The number of carbonyl (C=O) groups excluding carboxylic acids is 1. The van der Waals surface area contributed by atoms with Crippen molar-refractivity contribution in [2.45, 2.75) is 70.8 Å². The third-order valence-electron chi connectivity index (χ3n) is 7.06. The molecule has 0 heterocycles. The van der Waals surface area contributed by atoms with Crippen molar-refractivity contribution in [1.29, 1.82) is 0 Å². The number of aliphatic hydroxyl groups excluding tert-OH is 1. The summed E-state index contributed by atoms with van der Waals surface area (Å²) in [6.45, 7) is 2.25. The van der Waals surface area contributed by atoms with Gasteiger partial charge < -0.3 is 5.11 Å². The minimum absolute atomic E-state index is 0.00735. The number of aliphatic hydroxyl groups is 1. The van der Waals surface area contributed by atoms with Crippen LogP contribution in [-0.4, -0.2) is 17.0 Å². The lowest BCUT2D eigenvalue weighted by molar-refractivity contribution is -0.129. The maximum atomic E-state index is 12.3. The van der Waals surface area contributed by atoms with Crippen molar-refractivity contribution >= 4 is 5.78 Å². The Morgan fingerprint density at radius 2 is 1.95 bits per heavy atom. The summed E-state index contributed by atoms with van der Waals surface area (Å²) in [5.41, 5.74) is 3.29. The topological polar surface area (TPSA) is 37.3 Å². The molecule has 2 fully saturated rings. The molecule has 1 N–H and O–H groups in total. The van der Waals surface area contributed by atoms with Gasteiger partial charge in [0.1, 0.15) is 5.78 Å². The Morgan fingerprint density at radius 3 is 2.80 bits per heavy atom. The second-order valence-electron chi connectivity index (χ2n) is 7.86. The molecule has 0 aliphatic heterocycles. The van der Waals surface area contributed by atoms with Crippen LogP contribution in [0.5, 0.6) is 0 Å². The third-order valence-corrected chi connectivity index (χ3v) is 7.06. The van der Waals surface area contributed by atoms with Crippen LogP contribution in [-0.2, 0) is 4.79 Å². The molecule has 0 bridgehead atoms. The monoisotopic (exact) mass is 274 g/mol. The molecule has 0 radical (unpaired) electrons. The Bertz CT molecular complexity index is 478. The fourth-order valence-electron chi connectivity index (χ4n) is 5.96. The zero-order valence-corrected chi connectivity index (χ0v) is 12.5. The van der Waals surface area contributed by atoms with Crippen LogP contribution in [0.2, 0.25) is 0 Å². The second-order valence-corrected chi connectivity index (χ2v) is 7.86. The lowest BCUT2D eigenvalue weighted by Crippen LogP contribution is -2.44. The molecule has 20 heavy (non-hydrogen) atoms. The van der Waals surface area contributed by atoms with E-state index >= 15 is 0 Å². The van der Waals surface area contributed by atoms with Crippen LogP contribution in [0, 0.1) is 23.2 Å². The fraction of sp³-hybridized carbons (Fsp3) is 0.833. The van der Waals surface area contributed by atoms with Crippen molar-refractivity contribution in [3.63, 3.8) is 0 Å². The van der Waals surface area contributed by atoms with Crippen molar-refractivity contribution in [3.8, 4) is 0 Å². The summed E-state index contributed by atoms with van der Waals surface area (Å²) in [4.78, 5) is 12.3. The van der Waals surface area contributed by atoms with E-state index in [2.05, 4.69) is 6.92 Å². The van der Waals surface area contributed by atoms with Crippen LogP contribution in [0.4, 0.5) is 0 Å². The molecule has 2 nitrogen and oxygen atoms in total. The summed E-state index contributed by atoms with van der Waals surface area (Å²) in [6, 6.07) is 0. The van der Waals surface area contributed by atoms with Gasteiger partial charge in [0, 0.05) is 11.8 Å². The number of hydrogen-bond acceptors (Lipinski definition) is 2. The quantitative estimate of drug-likeness (QED) is 0.685.